The number of nitrogens with zero attached hydrogens (tertiary/aromatic N) is 3. The van der Waals surface area contributed by atoms with E-state index < -0.39 is 22.1 Å². The number of hydrogen-bond donors (Lipinski definition) is 0. The van der Waals surface area contributed by atoms with Crippen molar-refractivity contribution in [2.24, 2.45) is 0 Å². The van der Waals surface area contributed by atoms with Crippen LogP contribution in [0.5, 0.6) is 5.75 Å². The summed E-state index contributed by atoms with van der Waals surface area (Å²) in [6, 6.07) is 12.8. The Hall–Kier alpha value is -3.11. The van der Waals surface area contributed by atoms with Gasteiger partial charge in [-0.15, -0.1) is 13.2 Å². The van der Waals surface area contributed by atoms with Crippen molar-refractivity contribution < 1.29 is 26.3 Å². The Labute approximate surface area is 179 Å². The van der Waals surface area contributed by atoms with E-state index in [-0.39, 0.29) is 21.5 Å². The van der Waals surface area contributed by atoms with Crippen LogP contribution in [0.3, 0.4) is 0 Å². The van der Waals surface area contributed by atoms with Crippen molar-refractivity contribution in [3.05, 3.63) is 71.6 Å². The highest BCUT2D eigenvalue weighted by Crippen LogP contribution is 2.32. The van der Waals surface area contributed by atoms with Crippen molar-refractivity contribution >= 4 is 32.7 Å². The average molecular weight is 468 g/mol. The van der Waals surface area contributed by atoms with Gasteiger partial charge >= 0.3 is 6.36 Å². The fraction of sp³-hybridized carbons (Fsp3) is 0.100. The van der Waals surface area contributed by atoms with E-state index in [9.17, 15) is 21.6 Å². The van der Waals surface area contributed by atoms with Gasteiger partial charge < -0.3 is 4.74 Å². The Morgan fingerprint density at radius 1 is 0.968 bits per heavy atom. The number of halogens is 4. The van der Waals surface area contributed by atoms with Gasteiger partial charge in [0.1, 0.15) is 5.75 Å². The number of ether oxygens (including phenoxy) is 1. The molecule has 160 valence electrons. The quantitative estimate of drug-likeness (QED) is 0.386. The molecule has 31 heavy (non-hydrogen) atoms. The van der Waals surface area contributed by atoms with Crippen LogP contribution >= 0.6 is 11.6 Å². The zero-order valence-corrected chi connectivity index (χ0v) is 17.3. The number of benzene rings is 2. The number of hydrogen-bond acceptors (Lipinski definition) is 5. The van der Waals surface area contributed by atoms with Gasteiger partial charge in [0.2, 0.25) is 5.28 Å². The Kier molecular flexibility index (Phi) is 5.14. The van der Waals surface area contributed by atoms with Gasteiger partial charge in [0.05, 0.1) is 10.6 Å². The molecule has 0 atom stereocenters. The van der Waals surface area contributed by atoms with Crippen molar-refractivity contribution in [2.75, 3.05) is 0 Å². The summed E-state index contributed by atoms with van der Waals surface area (Å²) in [5.74, 6) is -0.396. The van der Waals surface area contributed by atoms with E-state index in [4.69, 9.17) is 11.6 Å². The molecule has 2 aromatic carbocycles. The number of aromatic nitrogens is 3. The van der Waals surface area contributed by atoms with Crippen LogP contribution in [-0.4, -0.2) is 28.7 Å². The molecule has 0 fully saturated rings. The highest BCUT2D eigenvalue weighted by Gasteiger charge is 2.31. The van der Waals surface area contributed by atoms with Crippen molar-refractivity contribution in [3.8, 4) is 17.0 Å². The number of rotatable bonds is 4. The molecule has 0 aliphatic carbocycles. The molecular weight excluding hydrogens is 455 g/mol. The molecule has 11 heteroatoms. The molecule has 0 N–H and O–H groups in total. The lowest BCUT2D eigenvalue weighted by atomic mass is 10.1. The minimum atomic E-state index is -4.81. The smallest absolute Gasteiger partial charge is 0.406 e. The third-order valence-corrected chi connectivity index (χ3v) is 6.27. The lowest BCUT2D eigenvalue weighted by Gasteiger charge is -2.10. The third-order valence-electron chi connectivity index (χ3n) is 4.42. The summed E-state index contributed by atoms with van der Waals surface area (Å²) in [5.41, 5.74) is 1.63. The van der Waals surface area contributed by atoms with Crippen LogP contribution in [0.15, 0.2) is 65.7 Å². The van der Waals surface area contributed by atoms with Crippen LogP contribution in [0.1, 0.15) is 5.56 Å². The Balaban J connectivity index is 1.81. The normalized spacial score (nSPS) is 12.3. The minimum absolute atomic E-state index is 0.0474. The van der Waals surface area contributed by atoms with Crippen LogP contribution in [0.25, 0.3) is 22.3 Å². The van der Waals surface area contributed by atoms with E-state index >= 15 is 0 Å². The SMILES string of the molecule is Cc1ccc(S(=O)(=O)n2ccc3c(-c4ccc(OC(F)(F)F)cc4)nc(Cl)nc32)cc1. The fourth-order valence-corrected chi connectivity index (χ4v) is 4.48. The summed E-state index contributed by atoms with van der Waals surface area (Å²) in [6.07, 6.45) is -3.48. The van der Waals surface area contributed by atoms with Gasteiger partial charge in [-0.25, -0.2) is 17.4 Å². The molecule has 4 rings (SSSR count). The molecule has 0 aliphatic heterocycles. The number of fused-ring (bicyclic) bond motifs is 1. The molecular formula is C20H13ClF3N3O3S. The fourth-order valence-electron chi connectivity index (χ4n) is 3.02. The highest BCUT2D eigenvalue weighted by atomic mass is 35.5. The molecule has 0 spiro atoms. The number of aryl methyl sites for hydroxylation is 1. The average Bonchev–Trinajstić information content (AvgIpc) is 3.11. The summed E-state index contributed by atoms with van der Waals surface area (Å²) >= 11 is 6.03. The maximum Gasteiger partial charge on any atom is 0.573 e. The Morgan fingerprint density at radius 3 is 2.23 bits per heavy atom. The van der Waals surface area contributed by atoms with E-state index in [1.807, 2.05) is 6.92 Å². The minimum Gasteiger partial charge on any atom is -0.406 e. The molecule has 4 aromatic rings. The van der Waals surface area contributed by atoms with Gasteiger partial charge in [-0.3, -0.25) is 0 Å². The Bertz CT molecular complexity index is 1370. The van der Waals surface area contributed by atoms with Gasteiger partial charge in [-0.1, -0.05) is 17.7 Å². The number of alkyl halides is 3. The van der Waals surface area contributed by atoms with E-state index in [1.165, 1.54) is 36.5 Å². The summed E-state index contributed by atoms with van der Waals surface area (Å²) in [7, 11) is -3.96. The summed E-state index contributed by atoms with van der Waals surface area (Å²) < 4.78 is 68.2. The second-order valence-electron chi connectivity index (χ2n) is 6.58. The highest BCUT2D eigenvalue weighted by molar-refractivity contribution is 7.90. The van der Waals surface area contributed by atoms with Crippen LogP contribution in [0.4, 0.5) is 13.2 Å². The maximum atomic E-state index is 13.1. The van der Waals surface area contributed by atoms with Crippen molar-refractivity contribution in [2.45, 2.75) is 18.2 Å². The lowest BCUT2D eigenvalue weighted by molar-refractivity contribution is -0.274. The summed E-state index contributed by atoms with van der Waals surface area (Å²) in [5, 5.41) is 0.154. The van der Waals surface area contributed by atoms with Crippen molar-refractivity contribution in [3.63, 3.8) is 0 Å². The van der Waals surface area contributed by atoms with Gasteiger partial charge in [0.25, 0.3) is 10.0 Å². The standard InChI is InChI=1S/C20H13ClF3N3O3S/c1-12-2-8-15(9-3-12)31(28,29)27-11-10-16-17(25-19(21)26-18(16)27)13-4-6-14(7-5-13)30-20(22,23)24/h2-11H,1H3. The van der Waals surface area contributed by atoms with E-state index in [2.05, 4.69) is 14.7 Å². The van der Waals surface area contributed by atoms with Crippen LogP contribution in [-0.2, 0) is 10.0 Å². The maximum absolute atomic E-state index is 13.1. The summed E-state index contributed by atoms with van der Waals surface area (Å²) in [4.78, 5) is 8.27. The van der Waals surface area contributed by atoms with Crippen molar-refractivity contribution in [1.82, 2.24) is 13.9 Å². The van der Waals surface area contributed by atoms with Crippen LogP contribution in [0.2, 0.25) is 5.28 Å². The first-order chi connectivity index (χ1) is 14.5. The van der Waals surface area contributed by atoms with Crippen LogP contribution < -0.4 is 4.74 Å². The molecule has 0 radical (unpaired) electrons. The van der Waals surface area contributed by atoms with Gasteiger partial charge in [-0.05, 0) is 61.0 Å². The Morgan fingerprint density at radius 2 is 1.61 bits per heavy atom. The van der Waals surface area contributed by atoms with Crippen molar-refractivity contribution in [1.29, 1.82) is 0 Å². The topological polar surface area (TPSA) is 74.1 Å². The predicted molar refractivity (Wildman–Crippen MR) is 108 cm³/mol. The first-order valence-electron chi connectivity index (χ1n) is 8.78. The second kappa shape index (κ2) is 7.54. The van der Waals surface area contributed by atoms with E-state index in [1.54, 1.807) is 12.1 Å². The zero-order chi connectivity index (χ0) is 22.4. The van der Waals surface area contributed by atoms with E-state index in [0.29, 0.717) is 10.9 Å². The third kappa shape index (κ3) is 4.21. The molecule has 0 saturated heterocycles. The molecule has 0 bridgehead atoms. The molecule has 2 aromatic heterocycles. The molecule has 0 amide bonds. The molecule has 0 aliphatic rings. The first-order valence-corrected chi connectivity index (χ1v) is 10.6. The molecule has 0 saturated carbocycles. The first kappa shape index (κ1) is 21.1. The molecule has 6 nitrogen and oxygen atoms in total. The lowest BCUT2D eigenvalue weighted by Crippen LogP contribution is -2.16. The second-order valence-corrected chi connectivity index (χ2v) is 8.73. The largest absolute Gasteiger partial charge is 0.573 e. The molecule has 2 heterocycles. The predicted octanol–water partition coefficient (Wildman–Crippen LogP) is 5.20. The van der Waals surface area contributed by atoms with E-state index in [0.717, 1.165) is 21.7 Å². The molecule has 0 unspecified atom stereocenters. The van der Waals surface area contributed by atoms with Gasteiger partial charge in [-0.2, -0.15) is 4.98 Å². The van der Waals surface area contributed by atoms with Crippen LogP contribution in [0, 0.1) is 6.92 Å². The van der Waals surface area contributed by atoms with Gasteiger partial charge in [0.15, 0.2) is 5.65 Å². The summed E-state index contributed by atoms with van der Waals surface area (Å²) in [6.45, 7) is 1.84. The monoisotopic (exact) mass is 467 g/mol. The zero-order valence-electron chi connectivity index (χ0n) is 15.8. The van der Waals surface area contributed by atoms with Gasteiger partial charge in [0, 0.05) is 17.1 Å².